The van der Waals surface area contributed by atoms with Gasteiger partial charge in [-0.05, 0) is 39.8 Å². The summed E-state index contributed by atoms with van der Waals surface area (Å²) in [4.78, 5) is 25.6. The second-order valence-corrected chi connectivity index (χ2v) is 7.24. The van der Waals surface area contributed by atoms with E-state index in [1.807, 2.05) is 0 Å². The predicted octanol–water partition coefficient (Wildman–Crippen LogP) is 3.70. The molecule has 1 saturated heterocycles. The molecule has 6 nitrogen and oxygen atoms in total. The lowest BCUT2D eigenvalue weighted by Crippen LogP contribution is -2.39. The van der Waals surface area contributed by atoms with Crippen LogP contribution in [-0.2, 0) is 14.3 Å². The van der Waals surface area contributed by atoms with Gasteiger partial charge in [0.2, 0.25) is 0 Å². The highest BCUT2D eigenvalue weighted by atomic mass is 19.1. The zero-order valence-corrected chi connectivity index (χ0v) is 16.1. The first-order valence-corrected chi connectivity index (χ1v) is 8.94. The van der Waals surface area contributed by atoms with Crippen molar-refractivity contribution in [1.82, 2.24) is 4.90 Å². The van der Waals surface area contributed by atoms with E-state index in [1.54, 1.807) is 45.9 Å². The summed E-state index contributed by atoms with van der Waals surface area (Å²) < 4.78 is 29.5. The minimum Gasteiger partial charge on any atom is -0.488 e. The zero-order chi connectivity index (χ0) is 20.0. The third-order valence-electron chi connectivity index (χ3n) is 3.77. The molecule has 2 rings (SSSR count). The normalized spacial score (nSPS) is 20.0. The van der Waals surface area contributed by atoms with Gasteiger partial charge in [0, 0.05) is 18.6 Å². The summed E-state index contributed by atoms with van der Waals surface area (Å²) in [5.74, 6) is -0.483. The van der Waals surface area contributed by atoms with Gasteiger partial charge >= 0.3 is 12.1 Å². The second-order valence-electron chi connectivity index (χ2n) is 7.24. The van der Waals surface area contributed by atoms with E-state index in [1.165, 1.54) is 23.1 Å². The Morgan fingerprint density at radius 1 is 1.33 bits per heavy atom. The van der Waals surface area contributed by atoms with Crippen molar-refractivity contribution in [2.24, 2.45) is 0 Å². The van der Waals surface area contributed by atoms with Gasteiger partial charge in [0.05, 0.1) is 19.2 Å². The molecule has 0 radical (unpaired) electrons. The first-order valence-electron chi connectivity index (χ1n) is 8.94. The van der Waals surface area contributed by atoms with Crippen molar-refractivity contribution in [2.75, 3.05) is 13.2 Å². The Balaban J connectivity index is 2.12. The molecule has 0 bridgehead atoms. The van der Waals surface area contributed by atoms with Crippen molar-refractivity contribution in [2.45, 2.75) is 51.9 Å². The molecule has 2 atom stereocenters. The molecule has 0 unspecified atom stereocenters. The molecule has 1 aliphatic heterocycles. The summed E-state index contributed by atoms with van der Waals surface area (Å²) in [6.45, 7) is 7.61. The quantitative estimate of drug-likeness (QED) is 0.576. The van der Waals surface area contributed by atoms with E-state index in [0.717, 1.165) is 0 Å². The van der Waals surface area contributed by atoms with E-state index >= 15 is 0 Å². The third-order valence-corrected chi connectivity index (χ3v) is 3.77. The van der Waals surface area contributed by atoms with Gasteiger partial charge in [0.25, 0.3) is 0 Å². The molecule has 1 heterocycles. The molecule has 0 spiro atoms. The minimum atomic E-state index is -0.645. The Labute approximate surface area is 158 Å². The van der Waals surface area contributed by atoms with Crippen LogP contribution in [0.3, 0.4) is 0 Å². The van der Waals surface area contributed by atoms with Crippen molar-refractivity contribution in [3.8, 4) is 5.75 Å². The highest BCUT2D eigenvalue weighted by Crippen LogP contribution is 2.26. The van der Waals surface area contributed by atoms with Crippen molar-refractivity contribution in [1.29, 1.82) is 0 Å². The minimum absolute atomic E-state index is 0.267. The molecule has 0 aromatic heterocycles. The van der Waals surface area contributed by atoms with Crippen LogP contribution < -0.4 is 4.74 Å². The van der Waals surface area contributed by atoms with Crippen molar-refractivity contribution in [3.63, 3.8) is 0 Å². The highest BCUT2D eigenvalue weighted by Gasteiger charge is 2.37. The third kappa shape index (κ3) is 6.58. The molecule has 0 saturated carbocycles. The maximum Gasteiger partial charge on any atom is 0.410 e. The molecule has 7 heteroatoms. The molecular formula is C20H26FNO5. The number of ether oxygens (including phenoxy) is 3. The van der Waals surface area contributed by atoms with E-state index in [2.05, 4.69) is 0 Å². The van der Waals surface area contributed by atoms with Crippen molar-refractivity contribution >= 4 is 12.1 Å². The van der Waals surface area contributed by atoms with Crippen LogP contribution in [0.2, 0.25) is 0 Å². The number of carbonyl (C=O) groups excluding carboxylic acids is 2. The van der Waals surface area contributed by atoms with Crippen LogP contribution in [0.5, 0.6) is 5.75 Å². The Hall–Kier alpha value is -2.57. The predicted molar refractivity (Wildman–Crippen MR) is 97.9 cm³/mol. The molecule has 1 aromatic carbocycles. The van der Waals surface area contributed by atoms with Crippen LogP contribution in [-0.4, -0.2) is 47.9 Å². The molecule has 148 valence electrons. The molecule has 1 aromatic rings. The second kappa shape index (κ2) is 8.88. The average Bonchev–Trinajstić information content (AvgIpc) is 2.94. The van der Waals surface area contributed by atoms with E-state index in [-0.39, 0.29) is 25.3 Å². The Morgan fingerprint density at radius 2 is 2.07 bits per heavy atom. The molecular weight excluding hydrogens is 353 g/mol. The number of likely N-dealkylation sites (tertiary alicyclic amines) is 1. The number of hydrogen-bond donors (Lipinski definition) is 0. The van der Waals surface area contributed by atoms with Gasteiger partial charge in [-0.25, -0.2) is 14.0 Å². The summed E-state index contributed by atoms with van der Waals surface area (Å²) in [6, 6.07) is 5.45. The lowest BCUT2D eigenvalue weighted by atomic mass is 10.2. The van der Waals surface area contributed by atoms with Crippen LogP contribution in [0.25, 0.3) is 0 Å². The molecule has 0 aliphatic carbocycles. The fourth-order valence-electron chi connectivity index (χ4n) is 2.74. The molecule has 0 N–H and O–H groups in total. The van der Waals surface area contributed by atoms with Gasteiger partial charge in [0.1, 0.15) is 23.3 Å². The average molecular weight is 379 g/mol. The van der Waals surface area contributed by atoms with Crippen molar-refractivity contribution in [3.05, 3.63) is 42.2 Å². The lowest BCUT2D eigenvalue weighted by Gasteiger charge is -2.27. The number of esters is 1. The van der Waals surface area contributed by atoms with Crippen LogP contribution in [0, 0.1) is 5.82 Å². The first kappa shape index (κ1) is 20.7. The maximum atomic E-state index is 13.4. The number of rotatable bonds is 5. The van der Waals surface area contributed by atoms with E-state index < -0.39 is 23.5 Å². The van der Waals surface area contributed by atoms with Crippen LogP contribution in [0.15, 0.2) is 36.4 Å². The monoisotopic (exact) mass is 379 g/mol. The van der Waals surface area contributed by atoms with Crippen LogP contribution >= 0.6 is 0 Å². The number of benzene rings is 1. The number of hydrogen-bond acceptors (Lipinski definition) is 5. The van der Waals surface area contributed by atoms with Crippen molar-refractivity contribution < 1.29 is 28.2 Å². The smallest absolute Gasteiger partial charge is 0.410 e. The van der Waals surface area contributed by atoms with Gasteiger partial charge in [-0.15, -0.1) is 0 Å². The van der Waals surface area contributed by atoms with Gasteiger partial charge < -0.3 is 14.2 Å². The fourth-order valence-corrected chi connectivity index (χ4v) is 2.74. The summed E-state index contributed by atoms with van der Waals surface area (Å²) >= 11 is 0. The Morgan fingerprint density at radius 3 is 2.70 bits per heavy atom. The SMILES string of the molecule is CCOC(=O)/C=C/[C@@H]1C[C@@H](Oc2cccc(F)c2)CN1C(=O)OC(C)(C)C. The summed E-state index contributed by atoms with van der Waals surface area (Å²) in [7, 11) is 0. The first-order chi connectivity index (χ1) is 12.7. The fraction of sp³-hybridized carbons (Fsp3) is 0.500. The standard InChI is InChI=1S/C20H26FNO5/c1-5-25-18(23)10-9-15-12-17(26-16-8-6-7-14(21)11-16)13-22(15)19(24)27-20(2,3)4/h6-11,15,17H,5,12-13H2,1-4H3/b10-9+/t15-,17-/m1/s1. The molecule has 1 aliphatic rings. The largest absolute Gasteiger partial charge is 0.488 e. The summed E-state index contributed by atoms with van der Waals surface area (Å²) in [6.07, 6.45) is 2.51. The molecule has 27 heavy (non-hydrogen) atoms. The molecule has 1 amide bonds. The summed E-state index contributed by atoms with van der Waals surface area (Å²) in [5.41, 5.74) is -0.645. The number of carbonyl (C=O) groups is 2. The maximum absolute atomic E-state index is 13.4. The van der Waals surface area contributed by atoms with E-state index in [9.17, 15) is 14.0 Å². The lowest BCUT2D eigenvalue weighted by molar-refractivity contribution is -0.137. The van der Waals surface area contributed by atoms with Crippen LogP contribution in [0.1, 0.15) is 34.1 Å². The van der Waals surface area contributed by atoms with E-state index in [0.29, 0.717) is 12.2 Å². The number of amides is 1. The zero-order valence-electron chi connectivity index (χ0n) is 16.1. The van der Waals surface area contributed by atoms with Gasteiger partial charge in [-0.1, -0.05) is 12.1 Å². The summed E-state index contributed by atoms with van der Waals surface area (Å²) in [5, 5.41) is 0. The molecule has 1 fully saturated rings. The number of halogens is 1. The van der Waals surface area contributed by atoms with Gasteiger partial charge in [0.15, 0.2) is 0 Å². The van der Waals surface area contributed by atoms with Crippen LogP contribution in [0.4, 0.5) is 9.18 Å². The Kier molecular flexibility index (Phi) is 6.82. The number of nitrogens with zero attached hydrogens (tertiary/aromatic N) is 1. The van der Waals surface area contributed by atoms with E-state index in [4.69, 9.17) is 14.2 Å². The highest BCUT2D eigenvalue weighted by molar-refractivity contribution is 5.82. The Bertz CT molecular complexity index is 698. The van der Waals surface area contributed by atoms with Gasteiger partial charge in [-0.3, -0.25) is 4.90 Å². The topological polar surface area (TPSA) is 65.1 Å². The van der Waals surface area contributed by atoms with Gasteiger partial charge in [-0.2, -0.15) is 0 Å².